The maximum absolute atomic E-state index is 13.0. The largest absolute Gasteiger partial charge is 0.377 e. The fraction of sp³-hybridized carbons (Fsp3) is 0.478. The lowest BCUT2D eigenvalue weighted by molar-refractivity contribution is 0.178. The highest BCUT2D eigenvalue weighted by Crippen LogP contribution is 2.29. The van der Waals surface area contributed by atoms with Crippen LogP contribution in [0.2, 0.25) is 0 Å². The number of hydrogen-bond donors (Lipinski definition) is 0. The Balaban J connectivity index is 1.31. The molecule has 2 aromatic heterocycles. The highest BCUT2D eigenvalue weighted by atomic mass is 16.5. The lowest BCUT2D eigenvalue weighted by Crippen LogP contribution is -2.47. The maximum atomic E-state index is 13.0. The van der Waals surface area contributed by atoms with Crippen molar-refractivity contribution in [2.75, 3.05) is 43.1 Å². The zero-order chi connectivity index (χ0) is 21.2. The van der Waals surface area contributed by atoms with Gasteiger partial charge in [0.15, 0.2) is 5.82 Å². The molecule has 8 nitrogen and oxygen atoms in total. The first kappa shape index (κ1) is 19.9. The lowest BCUT2D eigenvalue weighted by Gasteiger charge is -2.36. The summed E-state index contributed by atoms with van der Waals surface area (Å²) in [6.45, 7) is 3.93. The zero-order valence-corrected chi connectivity index (χ0v) is 17.9. The molecule has 3 heterocycles. The number of anilines is 2. The Bertz CT molecular complexity index is 1120. The normalized spacial score (nSPS) is 17.6. The second kappa shape index (κ2) is 8.63. The summed E-state index contributed by atoms with van der Waals surface area (Å²) in [6.07, 6.45) is 8.08. The predicted molar refractivity (Wildman–Crippen MR) is 121 cm³/mol. The van der Waals surface area contributed by atoms with Crippen LogP contribution in [0.5, 0.6) is 0 Å². The Morgan fingerprint density at radius 3 is 2.58 bits per heavy atom. The smallest absolute Gasteiger partial charge is 0.261 e. The molecular formula is C23H28N6O2. The summed E-state index contributed by atoms with van der Waals surface area (Å²) in [6, 6.07) is 8.31. The second-order valence-corrected chi connectivity index (χ2v) is 8.33. The molecule has 0 N–H and O–H groups in total. The van der Waals surface area contributed by atoms with Gasteiger partial charge in [0, 0.05) is 51.2 Å². The van der Waals surface area contributed by atoms with Crippen molar-refractivity contribution < 1.29 is 4.74 Å². The quantitative estimate of drug-likeness (QED) is 0.628. The maximum Gasteiger partial charge on any atom is 0.261 e. The Morgan fingerprint density at radius 1 is 1.03 bits per heavy atom. The number of ether oxygens (including phenoxy) is 1. The van der Waals surface area contributed by atoms with Gasteiger partial charge in [-0.25, -0.2) is 15.0 Å². The number of benzene rings is 1. The van der Waals surface area contributed by atoms with Crippen LogP contribution >= 0.6 is 0 Å². The summed E-state index contributed by atoms with van der Waals surface area (Å²) in [5.74, 6) is 1.64. The highest BCUT2D eigenvalue weighted by Gasteiger charge is 2.21. The van der Waals surface area contributed by atoms with Crippen LogP contribution in [0.4, 0.5) is 11.5 Å². The molecule has 1 aliphatic carbocycles. The van der Waals surface area contributed by atoms with Gasteiger partial charge >= 0.3 is 0 Å². The van der Waals surface area contributed by atoms with E-state index in [-0.39, 0.29) is 5.56 Å². The lowest BCUT2D eigenvalue weighted by atomic mass is 10.1. The van der Waals surface area contributed by atoms with Gasteiger partial charge in [-0.05, 0) is 37.1 Å². The van der Waals surface area contributed by atoms with E-state index in [2.05, 4.69) is 30.8 Å². The molecule has 2 aliphatic rings. The number of nitrogens with zero attached hydrogens (tertiary/aromatic N) is 6. The van der Waals surface area contributed by atoms with Crippen LogP contribution in [-0.2, 0) is 11.3 Å². The molecule has 0 unspecified atom stereocenters. The van der Waals surface area contributed by atoms with Crippen LogP contribution < -0.4 is 15.4 Å². The summed E-state index contributed by atoms with van der Waals surface area (Å²) in [5, 5.41) is 0.712. The third kappa shape index (κ3) is 3.99. The van der Waals surface area contributed by atoms with E-state index in [1.807, 2.05) is 22.8 Å². The third-order valence-electron chi connectivity index (χ3n) is 6.42. The van der Waals surface area contributed by atoms with E-state index in [0.29, 0.717) is 23.9 Å². The molecule has 0 atom stereocenters. The van der Waals surface area contributed by atoms with Crippen LogP contribution in [0.15, 0.2) is 41.6 Å². The van der Waals surface area contributed by atoms with E-state index in [4.69, 9.17) is 4.74 Å². The summed E-state index contributed by atoms with van der Waals surface area (Å²) in [4.78, 5) is 31.1. The Hall–Kier alpha value is -3.00. The molecule has 8 heteroatoms. The van der Waals surface area contributed by atoms with Gasteiger partial charge in [0.05, 0.1) is 17.2 Å². The standard InChI is InChI=1S/C23H28N6O2/c1-31-15-21-24-9-8-22(26-21)28-12-10-27(11-13-28)18-6-7-19-20(14-18)25-16-29(23(19)30)17-4-2-3-5-17/h6-9,14,16-17H,2-5,10-13,15H2,1H3. The van der Waals surface area contributed by atoms with Crippen LogP contribution in [0.25, 0.3) is 10.9 Å². The van der Waals surface area contributed by atoms with Crippen LogP contribution in [0.3, 0.4) is 0 Å². The first-order valence-electron chi connectivity index (χ1n) is 11.0. The van der Waals surface area contributed by atoms with Gasteiger partial charge in [0.25, 0.3) is 5.56 Å². The Labute approximate surface area is 181 Å². The molecule has 162 valence electrons. The number of rotatable bonds is 5. The minimum absolute atomic E-state index is 0.0869. The first-order valence-corrected chi connectivity index (χ1v) is 11.0. The molecule has 5 rings (SSSR count). The monoisotopic (exact) mass is 420 g/mol. The van der Waals surface area contributed by atoms with E-state index in [0.717, 1.165) is 56.0 Å². The third-order valence-corrected chi connectivity index (χ3v) is 6.42. The van der Waals surface area contributed by atoms with Gasteiger partial charge < -0.3 is 14.5 Å². The Kier molecular flexibility index (Phi) is 5.55. The van der Waals surface area contributed by atoms with Crippen LogP contribution in [-0.4, -0.2) is 52.8 Å². The molecule has 0 radical (unpaired) electrons. The summed E-state index contributed by atoms with van der Waals surface area (Å²) in [7, 11) is 1.65. The topological polar surface area (TPSA) is 76.4 Å². The van der Waals surface area contributed by atoms with Gasteiger partial charge in [-0.1, -0.05) is 12.8 Å². The minimum Gasteiger partial charge on any atom is -0.377 e. The van der Waals surface area contributed by atoms with Gasteiger partial charge in [-0.15, -0.1) is 0 Å². The van der Waals surface area contributed by atoms with Crippen molar-refractivity contribution in [2.45, 2.75) is 38.3 Å². The van der Waals surface area contributed by atoms with Gasteiger partial charge in [-0.3, -0.25) is 9.36 Å². The second-order valence-electron chi connectivity index (χ2n) is 8.33. The summed E-state index contributed by atoms with van der Waals surface area (Å²) >= 11 is 0. The van der Waals surface area contributed by atoms with E-state index in [9.17, 15) is 4.79 Å². The van der Waals surface area contributed by atoms with Crippen LogP contribution in [0, 0.1) is 0 Å². The van der Waals surface area contributed by atoms with Crippen molar-refractivity contribution >= 4 is 22.4 Å². The van der Waals surface area contributed by atoms with Crippen molar-refractivity contribution in [3.63, 3.8) is 0 Å². The average Bonchev–Trinajstić information content (AvgIpc) is 3.34. The molecule has 1 saturated carbocycles. The summed E-state index contributed by atoms with van der Waals surface area (Å²) in [5.41, 5.74) is 1.98. The molecule has 0 spiro atoms. The SMILES string of the molecule is COCc1nccc(N2CCN(c3ccc4c(=O)n(C5CCCC5)cnc4c3)CC2)n1. The number of methoxy groups -OCH3 is 1. The predicted octanol–water partition coefficient (Wildman–Crippen LogP) is 2.77. The van der Waals surface area contributed by atoms with Crippen molar-refractivity contribution in [1.82, 2.24) is 19.5 Å². The molecule has 2 fully saturated rings. The molecule has 0 amide bonds. The molecule has 1 saturated heterocycles. The molecule has 0 bridgehead atoms. The molecule has 31 heavy (non-hydrogen) atoms. The van der Waals surface area contributed by atoms with Gasteiger partial charge in [-0.2, -0.15) is 0 Å². The molecular weight excluding hydrogens is 392 g/mol. The molecule has 1 aromatic carbocycles. The fourth-order valence-electron chi connectivity index (χ4n) is 4.72. The number of fused-ring (bicyclic) bond motifs is 1. The zero-order valence-electron chi connectivity index (χ0n) is 17.9. The van der Waals surface area contributed by atoms with E-state index in [1.54, 1.807) is 19.6 Å². The molecule has 1 aliphatic heterocycles. The average molecular weight is 421 g/mol. The fourth-order valence-corrected chi connectivity index (χ4v) is 4.72. The van der Waals surface area contributed by atoms with Crippen molar-refractivity contribution in [3.8, 4) is 0 Å². The minimum atomic E-state index is 0.0869. The number of piperazine rings is 1. The van der Waals surface area contributed by atoms with Crippen molar-refractivity contribution in [1.29, 1.82) is 0 Å². The van der Waals surface area contributed by atoms with E-state index in [1.165, 1.54) is 12.8 Å². The highest BCUT2D eigenvalue weighted by molar-refractivity contribution is 5.81. The number of aromatic nitrogens is 4. The Morgan fingerprint density at radius 2 is 1.81 bits per heavy atom. The number of hydrogen-bond acceptors (Lipinski definition) is 7. The summed E-state index contributed by atoms with van der Waals surface area (Å²) < 4.78 is 6.98. The first-order chi connectivity index (χ1) is 15.2. The van der Waals surface area contributed by atoms with Crippen molar-refractivity contribution in [2.24, 2.45) is 0 Å². The van der Waals surface area contributed by atoms with Gasteiger partial charge in [0.2, 0.25) is 0 Å². The molecule has 3 aromatic rings. The van der Waals surface area contributed by atoms with E-state index >= 15 is 0 Å². The van der Waals surface area contributed by atoms with Crippen LogP contribution in [0.1, 0.15) is 37.5 Å². The van der Waals surface area contributed by atoms with E-state index < -0.39 is 0 Å². The van der Waals surface area contributed by atoms with Gasteiger partial charge in [0.1, 0.15) is 12.4 Å². The van der Waals surface area contributed by atoms with Crippen molar-refractivity contribution in [3.05, 3.63) is 53.0 Å².